The van der Waals surface area contributed by atoms with E-state index in [9.17, 15) is 0 Å². The molecule has 0 spiro atoms. The van der Waals surface area contributed by atoms with E-state index in [1.807, 2.05) is 12.1 Å². The van der Waals surface area contributed by atoms with Gasteiger partial charge in [-0.1, -0.05) is 45.8 Å². The van der Waals surface area contributed by atoms with Crippen molar-refractivity contribution in [3.05, 3.63) is 63.6 Å². The molecule has 0 bridgehead atoms. The largest absolute Gasteiger partial charge is 0.489 e. The molecule has 3 rings (SSSR count). The Labute approximate surface area is 134 Å². The second kappa shape index (κ2) is 6.63. The van der Waals surface area contributed by atoms with Crippen LogP contribution in [0.2, 0.25) is 0 Å². The third-order valence-corrected chi connectivity index (χ3v) is 4.21. The van der Waals surface area contributed by atoms with Gasteiger partial charge in [0, 0.05) is 22.6 Å². The molecule has 1 saturated carbocycles. The molecular weight excluding hydrogens is 326 g/mol. The Hall–Kier alpha value is -1.32. The maximum absolute atomic E-state index is 6.02. The van der Waals surface area contributed by atoms with Gasteiger partial charge in [0.1, 0.15) is 12.4 Å². The molecule has 2 aromatic carbocycles. The van der Waals surface area contributed by atoms with Crippen molar-refractivity contribution in [2.75, 3.05) is 0 Å². The van der Waals surface area contributed by atoms with Crippen LogP contribution < -0.4 is 10.1 Å². The first-order valence-electron chi connectivity index (χ1n) is 7.41. The topological polar surface area (TPSA) is 21.3 Å². The number of aryl methyl sites for hydroxylation is 1. The van der Waals surface area contributed by atoms with Gasteiger partial charge in [0.25, 0.3) is 0 Å². The average molecular weight is 346 g/mol. The van der Waals surface area contributed by atoms with Crippen molar-refractivity contribution >= 4 is 15.9 Å². The van der Waals surface area contributed by atoms with Crippen molar-refractivity contribution in [2.24, 2.45) is 0 Å². The van der Waals surface area contributed by atoms with Crippen LogP contribution in [0.25, 0.3) is 0 Å². The van der Waals surface area contributed by atoms with Crippen LogP contribution in [0.3, 0.4) is 0 Å². The van der Waals surface area contributed by atoms with Gasteiger partial charge in [-0.15, -0.1) is 0 Å². The van der Waals surface area contributed by atoms with Gasteiger partial charge in [-0.3, -0.25) is 0 Å². The Bertz CT molecular complexity index is 605. The van der Waals surface area contributed by atoms with Crippen molar-refractivity contribution in [3.8, 4) is 5.75 Å². The number of hydrogen-bond donors (Lipinski definition) is 1. The Balaban J connectivity index is 1.66. The minimum Gasteiger partial charge on any atom is -0.489 e. The second-order valence-corrected chi connectivity index (χ2v) is 6.60. The quantitative estimate of drug-likeness (QED) is 0.826. The van der Waals surface area contributed by atoms with Crippen LogP contribution in [0.1, 0.15) is 29.5 Å². The first kappa shape index (κ1) is 14.6. The zero-order valence-corrected chi connectivity index (χ0v) is 13.8. The van der Waals surface area contributed by atoms with Gasteiger partial charge >= 0.3 is 0 Å². The van der Waals surface area contributed by atoms with Gasteiger partial charge in [-0.25, -0.2) is 0 Å². The number of halogens is 1. The maximum Gasteiger partial charge on any atom is 0.124 e. The number of rotatable bonds is 6. The van der Waals surface area contributed by atoms with E-state index < -0.39 is 0 Å². The molecule has 1 N–H and O–H groups in total. The molecule has 2 aromatic rings. The highest BCUT2D eigenvalue weighted by Crippen LogP contribution is 2.24. The van der Waals surface area contributed by atoms with Crippen molar-refractivity contribution < 1.29 is 4.74 Å². The molecule has 0 atom stereocenters. The van der Waals surface area contributed by atoms with E-state index in [4.69, 9.17) is 4.74 Å². The standard InChI is InChI=1S/C18H20BrNO/c1-13-2-9-18(15(10-13)11-20-17-7-8-17)21-12-14-3-5-16(19)6-4-14/h2-6,9-10,17,20H,7-8,11-12H2,1H3. The lowest BCUT2D eigenvalue weighted by atomic mass is 10.1. The molecular formula is C18H20BrNO. The molecule has 0 heterocycles. The van der Waals surface area contributed by atoms with E-state index in [0.29, 0.717) is 12.6 Å². The summed E-state index contributed by atoms with van der Waals surface area (Å²) in [4.78, 5) is 0. The van der Waals surface area contributed by atoms with E-state index in [1.165, 1.54) is 29.5 Å². The molecule has 1 aliphatic rings. The number of nitrogens with one attached hydrogen (secondary N) is 1. The molecule has 0 amide bonds. The summed E-state index contributed by atoms with van der Waals surface area (Å²) >= 11 is 3.45. The molecule has 3 heteroatoms. The van der Waals surface area contributed by atoms with Crippen molar-refractivity contribution in [1.82, 2.24) is 5.32 Å². The van der Waals surface area contributed by atoms with Gasteiger partial charge in [0.05, 0.1) is 0 Å². The predicted octanol–water partition coefficient (Wildman–Crippen LogP) is 4.59. The molecule has 2 nitrogen and oxygen atoms in total. The fraction of sp³-hybridized carbons (Fsp3) is 0.333. The van der Waals surface area contributed by atoms with Crippen LogP contribution in [-0.4, -0.2) is 6.04 Å². The van der Waals surface area contributed by atoms with Gasteiger partial charge in [0.15, 0.2) is 0 Å². The van der Waals surface area contributed by atoms with E-state index in [0.717, 1.165) is 16.8 Å². The lowest BCUT2D eigenvalue weighted by molar-refractivity contribution is 0.302. The molecule has 110 valence electrons. The normalized spacial score (nSPS) is 14.2. The van der Waals surface area contributed by atoms with Gasteiger partial charge < -0.3 is 10.1 Å². The minimum atomic E-state index is 0.604. The Kier molecular flexibility index (Phi) is 4.61. The van der Waals surface area contributed by atoms with E-state index >= 15 is 0 Å². The molecule has 21 heavy (non-hydrogen) atoms. The first-order chi connectivity index (χ1) is 10.2. The predicted molar refractivity (Wildman–Crippen MR) is 89.5 cm³/mol. The fourth-order valence-electron chi connectivity index (χ4n) is 2.27. The first-order valence-corrected chi connectivity index (χ1v) is 8.20. The minimum absolute atomic E-state index is 0.604. The Morgan fingerprint density at radius 1 is 1.14 bits per heavy atom. The summed E-state index contributed by atoms with van der Waals surface area (Å²) in [5.41, 5.74) is 3.71. The third-order valence-electron chi connectivity index (χ3n) is 3.68. The molecule has 1 aliphatic carbocycles. The summed E-state index contributed by atoms with van der Waals surface area (Å²) in [6.45, 7) is 3.62. The fourth-order valence-corrected chi connectivity index (χ4v) is 2.53. The van der Waals surface area contributed by atoms with Crippen molar-refractivity contribution in [3.63, 3.8) is 0 Å². The summed E-state index contributed by atoms with van der Waals surface area (Å²) < 4.78 is 7.11. The Morgan fingerprint density at radius 3 is 2.62 bits per heavy atom. The smallest absolute Gasteiger partial charge is 0.124 e. The van der Waals surface area contributed by atoms with Crippen molar-refractivity contribution in [1.29, 1.82) is 0 Å². The van der Waals surface area contributed by atoms with Crippen LogP contribution in [0.5, 0.6) is 5.75 Å². The van der Waals surface area contributed by atoms with Crippen LogP contribution >= 0.6 is 15.9 Å². The van der Waals surface area contributed by atoms with E-state index in [1.54, 1.807) is 0 Å². The van der Waals surface area contributed by atoms with Gasteiger partial charge in [0.2, 0.25) is 0 Å². The van der Waals surface area contributed by atoms with Crippen LogP contribution in [0.15, 0.2) is 46.9 Å². The van der Waals surface area contributed by atoms with E-state index in [2.05, 4.69) is 58.5 Å². The van der Waals surface area contributed by atoms with Crippen LogP contribution in [0.4, 0.5) is 0 Å². The molecule has 0 aromatic heterocycles. The van der Waals surface area contributed by atoms with Gasteiger partial charge in [-0.05, 0) is 43.5 Å². The zero-order chi connectivity index (χ0) is 14.7. The highest BCUT2D eigenvalue weighted by Gasteiger charge is 2.20. The molecule has 0 unspecified atom stereocenters. The number of benzene rings is 2. The van der Waals surface area contributed by atoms with Crippen molar-refractivity contribution in [2.45, 2.75) is 39.0 Å². The molecule has 0 aliphatic heterocycles. The maximum atomic E-state index is 6.02. The lowest BCUT2D eigenvalue weighted by Gasteiger charge is -2.13. The summed E-state index contributed by atoms with van der Waals surface area (Å²) in [6, 6.07) is 15.4. The number of hydrogen-bond acceptors (Lipinski definition) is 2. The monoisotopic (exact) mass is 345 g/mol. The van der Waals surface area contributed by atoms with Crippen LogP contribution in [0, 0.1) is 6.92 Å². The highest BCUT2D eigenvalue weighted by atomic mass is 79.9. The van der Waals surface area contributed by atoms with Gasteiger partial charge in [-0.2, -0.15) is 0 Å². The molecule has 0 saturated heterocycles. The molecule has 0 radical (unpaired) electrons. The average Bonchev–Trinajstić information content (AvgIpc) is 3.30. The molecule has 1 fully saturated rings. The SMILES string of the molecule is Cc1ccc(OCc2ccc(Br)cc2)c(CNC2CC2)c1. The number of ether oxygens (including phenoxy) is 1. The highest BCUT2D eigenvalue weighted by molar-refractivity contribution is 9.10. The summed E-state index contributed by atoms with van der Waals surface area (Å²) in [5.74, 6) is 0.983. The second-order valence-electron chi connectivity index (χ2n) is 5.68. The Morgan fingerprint density at radius 2 is 1.90 bits per heavy atom. The zero-order valence-electron chi connectivity index (χ0n) is 12.2. The summed E-state index contributed by atoms with van der Waals surface area (Å²) in [7, 11) is 0. The lowest BCUT2D eigenvalue weighted by Crippen LogP contribution is -2.16. The summed E-state index contributed by atoms with van der Waals surface area (Å²) in [6.07, 6.45) is 2.61. The van der Waals surface area contributed by atoms with E-state index in [-0.39, 0.29) is 0 Å². The van der Waals surface area contributed by atoms with Crippen LogP contribution in [-0.2, 0) is 13.2 Å². The summed E-state index contributed by atoms with van der Waals surface area (Å²) in [5, 5.41) is 3.56. The third kappa shape index (κ3) is 4.32.